The SMILES string of the molecule is O=C([C@@H]1CN(C(=O)Cc2c[nH]c3ccccc23)c2ccccc2O1)N1CCCCC1. The first-order valence-corrected chi connectivity index (χ1v) is 10.6. The molecule has 5 rings (SSSR count). The average molecular weight is 403 g/mol. The van der Waals surface area contributed by atoms with Crippen molar-refractivity contribution >= 4 is 28.4 Å². The number of rotatable bonds is 3. The molecule has 0 aliphatic carbocycles. The summed E-state index contributed by atoms with van der Waals surface area (Å²) in [6.07, 6.45) is 4.71. The number of ether oxygens (including phenoxy) is 1. The molecule has 6 nitrogen and oxygen atoms in total. The number of carbonyl (C=O) groups is 2. The molecule has 1 atom stereocenters. The Labute approximate surface area is 175 Å². The largest absolute Gasteiger partial charge is 0.476 e. The van der Waals surface area contributed by atoms with Gasteiger partial charge >= 0.3 is 0 Å². The minimum atomic E-state index is -0.662. The third-order valence-electron chi connectivity index (χ3n) is 6.03. The van der Waals surface area contributed by atoms with Crippen molar-refractivity contribution in [3.8, 4) is 5.75 Å². The van der Waals surface area contributed by atoms with Crippen LogP contribution in [0.1, 0.15) is 24.8 Å². The van der Waals surface area contributed by atoms with Crippen LogP contribution in [0.5, 0.6) is 5.75 Å². The predicted octanol–water partition coefficient (Wildman–Crippen LogP) is 3.52. The monoisotopic (exact) mass is 403 g/mol. The van der Waals surface area contributed by atoms with Crippen LogP contribution in [0.25, 0.3) is 10.9 Å². The van der Waals surface area contributed by atoms with E-state index in [4.69, 9.17) is 4.74 Å². The van der Waals surface area contributed by atoms with E-state index in [1.54, 1.807) is 4.90 Å². The van der Waals surface area contributed by atoms with Crippen LogP contribution in [0.3, 0.4) is 0 Å². The molecular formula is C24H25N3O3. The molecule has 154 valence electrons. The summed E-state index contributed by atoms with van der Waals surface area (Å²) in [6.45, 7) is 1.78. The standard InChI is InChI=1S/C24H25N3O3/c28-23(14-17-15-25-19-9-3-2-8-18(17)19)27-16-22(24(29)26-12-6-1-7-13-26)30-21-11-5-4-10-20(21)27/h2-5,8-11,15,22,25H,1,6-7,12-14,16H2/t22-/m0/s1. The maximum Gasteiger partial charge on any atom is 0.265 e. The van der Waals surface area contributed by atoms with Gasteiger partial charge < -0.3 is 19.5 Å². The molecule has 0 saturated carbocycles. The molecule has 3 heterocycles. The highest BCUT2D eigenvalue weighted by molar-refractivity contribution is 6.00. The number of piperidine rings is 1. The van der Waals surface area contributed by atoms with Gasteiger partial charge in [0.1, 0.15) is 5.75 Å². The Hall–Kier alpha value is -3.28. The van der Waals surface area contributed by atoms with Crippen molar-refractivity contribution in [3.05, 3.63) is 60.3 Å². The topological polar surface area (TPSA) is 65.6 Å². The number of para-hydroxylation sites is 3. The van der Waals surface area contributed by atoms with Crippen LogP contribution in [0.2, 0.25) is 0 Å². The van der Waals surface area contributed by atoms with Crippen molar-refractivity contribution in [1.82, 2.24) is 9.88 Å². The normalized spacial score (nSPS) is 18.7. The summed E-state index contributed by atoms with van der Waals surface area (Å²) in [7, 11) is 0. The van der Waals surface area contributed by atoms with Gasteiger partial charge in [0, 0.05) is 30.2 Å². The second-order valence-corrected chi connectivity index (χ2v) is 8.00. The number of likely N-dealkylation sites (tertiary alicyclic amines) is 1. The number of aromatic nitrogens is 1. The number of fused-ring (bicyclic) bond motifs is 2. The summed E-state index contributed by atoms with van der Waals surface area (Å²) in [5.41, 5.74) is 2.70. The maximum atomic E-state index is 13.3. The second kappa shape index (κ2) is 7.86. The molecule has 0 spiro atoms. The van der Waals surface area contributed by atoms with E-state index in [1.165, 1.54) is 0 Å². The van der Waals surface area contributed by atoms with Crippen molar-refractivity contribution in [2.24, 2.45) is 0 Å². The van der Waals surface area contributed by atoms with E-state index in [9.17, 15) is 9.59 Å². The van der Waals surface area contributed by atoms with Crippen LogP contribution >= 0.6 is 0 Å². The summed E-state index contributed by atoms with van der Waals surface area (Å²) in [4.78, 5) is 33.3. The number of hydrogen-bond donors (Lipinski definition) is 1. The van der Waals surface area contributed by atoms with Gasteiger partial charge in [0.25, 0.3) is 5.91 Å². The first-order chi connectivity index (χ1) is 14.7. The van der Waals surface area contributed by atoms with Gasteiger partial charge in [-0.1, -0.05) is 30.3 Å². The Bertz CT molecular complexity index is 1080. The molecular weight excluding hydrogens is 378 g/mol. The van der Waals surface area contributed by atoms with Crippen molar-refractivity contribution in [2.75, 3.05) is 24.5 Å². The zero-order chi connectivity index (χ0) is 20.5. The number of hydrogen-bond acceptors (Lipinski definition) is 3. The van der Waals surface area contributed by atoms with Crippen LogP contribution in [0.4, 0.5) is 5.69 Å². The minimum absolute atomic E-state index is 0.0194. The number of nitrogens with zero attached hydrogens (tertiary/aromatic N) is 2. The Morgan fingerprint density at radius 3 is 2.63 bits per heavy atom. The van der Waals surface area contributed by atoms with E-state index >= 15 is 0 Å². The second-order valence-electron chi connectivity index (χ2n) is 8.00. The van der Waals surface area contributed by atoms with Gasteiger partial charge in [-0.05, 0) is 43.0 Å². The van der Waals surface area contributed by atoms with Crippen molar-refractivity contribution in [2.45, 2.75) is 31.8 Å². The fourth-order valence-electron chi connectivity index (χ4n) is 4.45. The van der Waals surface area contributed by atoms with E-state index in [2.05, 4.69) is 4.98 Å². The molecule has 0 radical (unpaired) electrons. The first-order valence-electron chi connectivity index (χ1n) is 10.6. The number of aromatic amines is 1. The van der Waals surface area contributed by atoms with Crippen molar-refractivity contribution in [1.29, 1.82) is 0 Å². The maximum absolute atomic E-state index is 13.3. The highest BCUT2D eigenvalue weighted by Gasteiger charge is 2.36. The van der Waals surface area contributed by atoms with Crippen LogP contribution < -0.4 is 9.64 Å². The van der Waals surface area contributed by atoms with Gasteiger partial charge in [-0.25, -0.2) is 0 Å². The quantitative estimate of drug-likeness (QED) is 0.728. The van der Waals surface area contributed by atoms with Gasteiger partial charge in [0.15, 0.2) is 6.10 Å². The lowest BCUT2D eigenvalue weighted by molar-refractivity contribution is -0.139. The lowest BCUT2D eigenvalue weighted by atomic mass is 10.1. The fraction of sp³-hybridized carbons (Fsp3) is 0.333. The molecule has 2 amide bonds. The van der Waals surface area contributed by atoms with Gasteiger partial charge in [-0.3, -0.25) is 9.59 Å². The third-order valence-corrected chi connectivity index (χ3v) is 6.03. The summed E-state index contributed by atoms with van der Waals surface area (Å²) >= 11 is 0. The molecule has 2 aliphatic heterocycles. The Kier molecular flexibility index (Phi) is 4.91. The van der Waals surface area contributed by atoms with Crippen molar-refractivity contribution < 1.29 is 14.3 Å². The summed E-state index contributed by atoms with van der Waals surface area (Å²) < 4.78 is 6.04. The van der Waals surface area contributed by atoms with Gasteiger partial charge in [-0.15, -0.1) is 0 Å². The number of benzene rings is 2. The molecule has 6 heteroatoms. The van der Waals surface area contributed by atoms with Crippen LogP contribution in [0.15, 0.2) is 54.7 Å². The Morgan fingerprint density at radius 2 is 1.77 bits per heavy atom. The molecule has 30 heavy (non-hydrogen) atoms. The number of carbonyl (C=O) groups excluding carboxylic acids is 2. The molecule has 1 fully saturated rings. The van der Waals surface area contributed by atoms with Gasteiger partial charge in [0.2, 0.25) is 5.91 Å². The van der Waals surface area contributed by atoms with Gasteiger partial charge in [0.05, 0.1) is 18.7 Å². The zero-order valence-electron chi connectivity index (χ0n) is 16.8. The molecule has 2 aromatic carbocycles. The predicted molar refractivity (Wildman–Crippen MR) is 116 cm³/mol. The van der Waals surface area contributed by atoms with E-state index in [1.807, 2.05) is 59.6 Å². The molecule has 1 aromatic heterocycles. The molecule has 0 unspecified atom stereocenters. The molecule has 0 bridgehead atoms. The smallest absolute Gasteiger partial charge is 0.265 e. The van der Waals surface area contributed by atoms with E-state index in [0.29, 0.717) is 5.75 Å². The number of H-pyrrole nitrogens is 1. The van der Waals surface area contributed by atoms with E-state index < -0.39 is 6.10 Å². The molecule has 1 N–H and O–H groups in total. The number of anilines is 1. The number of nitrogens with one attached hydrogen (secondary N) is 1. The van der Waals surface area contributed by atoms with Crippen LogP contribution in [0, 0.1) is 0 Å². The third kappa shape index (κ3) is 3.43. The van der Waals surface area contributed by atoms with Crippen molar-refractivity contribution in [3.63, 3.8) is 0 Å². The molecule has 3 aromatic rings. The number of amides is 2. The minimum Gasteiger partial charge on any atom is -0.476 e. The van der Waals surface area contributed by atoms with Crippen LogP contribution in [-0.4, -0.2) is 47.4 Å². The highest BCUT2D eigenvalue weighted by Crippen LogP contribution is 2.34. The zero-order valence-corrected chi connectivity index (χ0v) is 16.8. The Balaban J connectivity index is 1.41. The summed E-state index contributed by atoms with van der Waals surface area (Å²) in [5, 5.41) is 1.05. The lowest BCUT2D eigenvalue weighted by Gasteiger charge is -2.37. The van der Waals surface area contributed by atoms with E-state index in [0.717, 1.165) is 54.5 Å². The summed E-state index contributed by atoms with van der Waals surface area (Å²) in [5.74, 6) is 0.535. The molecule has 1 saturated heterocycles. The first kappa shape index (κ1) is 18.7. The fourth-order valence-corrected chi connectivity index (χ4v) is 4.45. The average Bonchev–Trinajstić information content (AvgIpc) is 3.21. The molecule has 2 aliphatic rings. The highest BCUT2D eigenvalue weighted by atomic mass is 16.5. The van der Waals surface area contributed by atoms with Crippen LogP contribution in [-0.2, 0) is 16.0 Å². The lowest BCUT2D eigenvalue weighted by Crippen LogP contribution is -2.53. The summed E-state index contributed by atoms with van der Waals surface area (Å²) in [6, 6.07) is 15.4. The van der Waals surface area contributed by atoms with E-state index in [-0.39, 0.29) is 24.8 Å². The van der Waals surface area contributed by atoms with Gasteiger partial charge in [-0.2, -0.15) is 0 Å². The Morgan fingerprint density at radius 1 is 1.00 bits per heavy atom.